The van der Waals surface area contributed by atoms with Crippen molar-refractivity contribution in [2.45, 2.75) is 6.92 Å². The molecular weight excluding hydrogens is 246 g/mol. The van der Waals surface area contributed by atoms with E-state index in [9.17, 15) is 9.59 Å². The van der Waals surface area contributed by atoms with E-state index >= 15 is 0 Å². The Morgan fingerprint density at radius 2 is 2.16 bits per heavy atom. The molecule has 0 spiro atoms. The van der Waals surface area contributed by atoms with Crippen LogP contribution in [0.5, 0.6) is 0 Å². The number of urea groups is 1. The maximum Gasteiger partial charge on any atom is 0.320 e. The summed E-state index contributed by atoms with van der Waals surface area (Å²) in [5.74, 6) is 0.443. The normalized spacial score (nSPS) is 10.2. The molecule has 0 radical (unpaired) electrons. The van der Waals surface area contributed by atoms with Crippen LogP contribution in [0.3, 0.4) is 0 Å². The van der Waals surface area contributed by atoms with Crippen LogP contribution in [-0.4, -0.2) is 28.3 Å². The number of aryl methyl sites for hydroxylation is 1. The summed E-state index contributed by atoms with van der Waals surface area (Å²) in [4.78, 5) is 27.5. The van der Waals surface area contributed by atoms with Gasteiger partial charge in [0.25, 0.3) is 5.56 Å². The number of amides is 2. The van der Waals surface area contributed by atoms with Gasteiger partial charge in [0, 0.05) is 24.9 Å². The first-order chi connectivity index (χ1) is 8.99. The molecule has 2 heterocycles. The summed E-state index contributed by atoms with van der Waals surface area (Å²) >= 11 is 0. The second kappa shape index (κ2) is 4.89. The van der Waals surface area contributed by atoms with E-state index in [4.69, 9.17) is 5.73 Å². The topological polar surface area (TPSA) is 105 Å². The fourth-order valence-electron chi connectivity index (χ4n) is 1.63. The molecule has 2 amide bonds. The molecule has 2 rings (SSSR count). The molecule has 0 unspecified atom stereocenters. The highest BCUT2D eigenvalue weighted by atomic mass is 16.2. The lowest BCUT2D eigenvalue weighted by atomic mass is 10.1. The van der Waals surface area contributed by atoms with Gasteiger partial charge >= 0.3 is 6.03 Å². The van der Waals surface area contributed by atoms with Crippen LogP contribution in [0.1, 0.15) is 5.56 Å². The number of hydrogen-bond acceptors (Lipinski definition) is 4. The number of aromatic nitrogens is 3. The second-order valence-electron chi connectivity index (χ2n) is 4.07. The predicted molar refractivity (Wildman–Crippen MR) is 70.8 cm³/mol. The molecule has 7 nitrogen and oxygen atoms in total. The van der Waals surface area contributed by atoms with Gasteiger partial charge in [-0.1, -0.05) is 0 Å². The molecule has 0 aliphatic heterocycles. The van der Waals surface area contributed by atoms with Crippen molar-refractivity contribution in [3.63, 3.8) is 0 Å². The Labute approximate surface area is 109 Å². The summed E-state index contributed by atoms with van der Waals surface area (Å²) in [6, 6.07) is 4.30. The number of rotatable bonds is 2. The van der Waals surface area contributed by atoms with Crippen molar-refractivity contribution in [2.75, 3.05) is 11.9 Å². The van der Waals surface area contributed by atoms with Gasteiger partial charge in [-0.25, -0.2) is 14.9 Å². The smallest absolute Gasteiger partial charge is 0.320 e. The SMILES string of the molecule is Cc1cc(=O)[nH]nc1-c1ccc(N(C)C(N)=O)nc1. The van der Waals surface area contributed by atoms with Crippen LogP contribution in [-0.2, 0) is 0 Å². The van der Waals surface area contributed by atoms with E-state index in [-0.39, 0.29) is 5.56 Å². The van der Waals surface area contributed by atoms with E-state index in [0.717, 1.165) is 11.1 Å². The van der Waals surface area contributed by atoms with Crippen molar-refractivity contribution in [2.24, 2.45) is 5.73 Å². The number of carbonyl (C=O) groups excluding carboxylic acids is 1. The average molecular weight is 259 g/mol. The first-order valence-electron chi connectivity index (χ1n) is 5.55. The van der Waals surface area contributed by atoms with Crippen LogP contribution in [0.15, 0.2) is 29.2 Å². The van der Waals surface area contributed by atoms with Gasteiger partial charge in [-0.2, -0.15) is 5.10 Å². The van der Waals surface area contributed by atoms with Gasteiger partial charge in [0.15, 0.2) is 0 Å². The highest BCUT2D eigenvalue weighted by Crippen LogP contribution is 2.20. The average Bonchev–Trinajstić information content (AvgIpc) is 2.38. The molecule has 19 heavy (non-hydrogen) atoms. The van der Waals surface area contributed by atoms with Crippen molar-refractivity contribution in [3.8, 4) is 11.3 Å². The minimum Gasteiger partial charge on any atom is -0.351 e. The largest absolute Gasteiger partial charge is 0.351 e. The molecule has 0 atom stereocenters. The zero-order chi connectivity index (χ0) is 14.0. The lowest BCUT2D eigenvalue weighted by Crippen LogP contribution is -2.32. The fraction of sp³-hybridized carbons (Fsp3) is 0.167. The Balaban J connectivity index is 2.37. The number of pyridine rings is 1. The molecule has 0 aromatic carbocycles. The van der Waals surface area contributed by atoms with E-state index in [1.165, 1.54) is 18.0 Å². The van der Waals surface area contributed by atoms with E-state index in [1.807, 2.05) is 0 Å². The van der Waals surface area contributed by atoms with Gasteiger partial charge in [0.2, 0.25) is 0 Å². The van der Waals surface area contributed by atoms with Crippen molar-refractivity contribution in [1.29, 1.82) is 0 Å². The molecule has 0 saturated carbocycles. The number of nitrogens with two attached hydrogens (primary N) is 1. The van der Waals surface area contributed by atoms with Crippen LogP contribution >= 0.6 is 0 Å². The molecular formula is C12H13N5O2. The molecule has 0 bridgehead atoms. The lowest BCUT2D eigenvalue weighted by Gasteiger charge is -2.13. The summed E-state index contributed by atoms with van der Waals surface area (Å²) in [6.45, 7) is 1.79. The zero-order valence-electron chi connectivity index (χ0n) is 10.5. The Bertz CT molecular complexity index is 663. The van der Waals surface area contributed by atoms with Crippen LogP contribution < -0.4 is 16.2 Å². The summed E-state index contributed by atoms with van der Waals surface area (Å²) < 4.78 is 0. The van der Waals surface area contributed by atoms with Crippen molar-refractivity contribution >= 4 is 11.8 Å². The quantitative estimate of drug-likeness (QED) is 0.826. The number of H-pyrrole nitrogens is 1. The van der Waals surface area contributed by atoms with E-state index < -0.39 is 6.03 Å². The molecule has 0 aliphatic carbocycles. The predicted octanol–water partition coefficient (Wildman–Crippen LogP) is 0.655. The van der Waals surface area contributed by atoms with Crippen LogP contribution in [0.2, 0.25) is 0 Å². The Morgan fingerprint density at radius 3 is 2.68 bits per heavy atom. The molecule has 0 aliphatic rings. The Morgan fingerprint density at radius 1 is 1.42 bits per heavy atom. The summed E-state index contributed by atoms with van der Waals surface area (Å²) in [5, 5.41) is 6.35. The first-order valence-corrected chi connectivity index (χ1v) is 5.55. The van der Waals surface area contributed by atoms with E-state index in [1.54, 1.807) is 25.3 Å². The number of aromatic amines is 1. The van der Waals surface area contributed by atoms with E-state index in [0.29, 0.717) is 11.5 Å². The fourth-order valence-corrected chi connectivity index (χ4v) is 1.63. The van der Waals surface area contributed by atoms with Crippen molar-refractivity contribution in [3.05, 3.63) is 40.3 Å². The molecule has 0 fully saturated rings. The standard InChI is InChI=1S/C12H13N5O2/c1-7-5-10(18)15-16-11(7)8-3-4-9(14-6-8)17(2)12(13)19/h3-6H,1-2H3,(H2,13,19)(H,15,18). The lowest BCUT2D eigenvalue weighted by molar-refractivity contribution is 0.255. The third-order valence-electron chi connectivity index (χ3n) is 2.69. The number of carbonyl (C=O) groups is 1. The minimum absolute atomic E-state index is 0.251. The van der Waals surface area contributed by atoms with E-state index in [2.05, 4.69) is 15.2 Å². The number of nitrogens with one attached hydrogen (secondary N) is 1. The van der Waals surface area contributed by atoms with Gasteiger partial charge in [-0.3, -0.25) is 9.69 Å². The van der Waals surface area contributed by atoms with Crippen LogP contribution in [0.4, 0.5) is 10.6 Å². The maximum absolute atomic E-state index is 11.1. The summed E-state index contributed by atoms with van der Waals surface area (Å²) in [5.41, 5.74) is 7.04. The second-order valence-corrected chi connectivity index (χ2v) is 4.07. The molecule has 0 saturated heterocycles. The number of nitrogens with zero attached hydrogens (tertiary/aromatic N) is 3. The van der Waals surface area contributed by atoms with Gasteiger partial charge in [0.05, 0.1) is 5.69 Å². The number of anilines is 1. The summed E-state index contributed by atoms with van der Waals surface area (Å²) in [6.07, 6.45) is 1.57. The molecule has 3 N–H and O–H groups in total. The van der Waals surface area contributed by atoms with Crippen LogP contribution in [0.25, 0.3) is 11.3 Å². The van der Waals surface area contributed by atoms with Gasteiger partial charge < -0.3 is 5.73 Å². The van der Waals surface area contributed by atoms with Gasteiger partial charge in [-0.15, -0.1) is 0 Å². The summed E-state index contributed by atoms with van der Waals surface area (Å²) in [7, 11) is 1.54. The minimum atomic E-state index is -0.585. The Hall–Kier alpha value is -2.70. The highest BCUT2D eigenvalue weighted by Gasteiger charge is 2.09. The van der Waals surface area contributed by atoms with Crippen molar-refractivity contribution in [1.82, 2.24) is 15.2 Å². The highest BCUT2D eigenvalue weighted by molar-refractivity contribution is 5.89. The zero-order valence-corrected chi connectivity index (χ0v) is 10.5. The monoisotopic (exact) mass is 259 g/mol. The molecule has 2 aromatic heterocycles. The molecule has 98 valence electrons. The number of hydrogen-bond donors (Lipinski definition) is 2. The van der Waals surface area contributed by atoms with Crippen molar-refractivity contribution < 1.29 is 4.79 Å². The maximum atomic E-state index is 11.1. The molecule has 7 heteroatoms. The van der Waals surface area contributed by atoms with Gasteiger partial charge in [0.1, 0.15) is 5.82 Å². The van der Waals surface area contributed by atoms with Gasteiger partial charge in [-0.05, 0) is 24.6 Å². The molecule has 2 aromatic rings. The third kappa shape index (κ3) is 2.59. The number of primary amides is 1. The third-order valence-corrected chi connectivity index (χ3v) is 2.69. The first kappa shape index (κ1) is 12.7. The Kier molecular flexibility index (Phi) is 3.28. The van der Waals surface area contributed by atoms with Crippen LogP contribution in [0, 0.1) is 6.92 Å².